The molecular weight excluding hydrogens is 128 g/mol. The fourth-order valence-corrected chi connectivity index (χ4v) is 0.334. The van der Waals surface area contributed by atoms with Gasteiger partial charge in [0.25, 0.3) is 0 Å². The van der Waals surface area contributed by atoms with Crippen molar-refractivity contribution in [2.24, 2.45) is 4.47 Å². The highest BCUT2D eigenvalue weighted by molar-refractivity contribution is 7.61. The summed E-state index contributed by atoms with van der Waals surface area (Å²) in [6, 6.07) is 0. The van der Waals surface area contributed by atoms with Crippen LogP contribution in [-0.2, 0) is 10.5 Å². The molecule has 0 spiro atoms. The first kappa shape index (κ1) is 7.32. The number of rotatable bonds is 3. The second kappa shape index (κ2) is 4.48. The van der Waals surface area contributed by atoms with Gasteiger partial charge < -0.3 is 0 Å². The van der Waals surface area contributed by atoms with Crippen molar-refractivity contribution in [1.82, 2.24) is 5.43 Å². The first-order valence-corrected chi connectivity index (χ1v) is 2.94. The van der Waals surface area contributed by atoms with E-state index in [1.165, 1.54) is 6.08 Å². The van der Waals surface area contributed by atoms with E-state index in [1.54, 1.807) is 0 Å². The van der Waals surface area contributed by atoms with E-state index >= 15 is 0 Å². The van der Waals surface area contributed by atoms with Crippen LogP contribution in [0.4, 0.5) is 0 Å². The zero-order valence-electron chi connectivity index (χ0n) is 4.16. The van der Waals surface area contributed by atoms with E-state index in [1.807, 2.05) is 0 Å². The molecule has 5 heteroatoms. The van der Waals surface area contributed by atoms with Crippen molar-refractivity contribution < 1.29 is 8.42 Å². The molecule has 1 N–H and O–H groups in total. The molecule has 0 fully saturated rings. The van der Waals surface area contributed by atoms with Crippen LogP contribution in [0.5, 0.6) is 0 Å². The van der Waals surface area contributed by atoms with Crippen LogP contribution < -0.4 is 5.43 Å². The van der Waals surface area contributed by atoms with Gasteiger partial charge in [-0.2, -0.15) is 13.8 Å². The molecule has 0 unspecified atom stereocenters. The van der Waals surface area contributed by atoms with Gasteiger partial charge in [0.1, 0.15) is 0 Å². The Hall–Kier alpha value is -0.680. The summed E-state index contributed by atoms with van der Waals surface area (Å²) < 4.78 is 22.1. The lowest BCUT2D eigenvalue weighted by Crippen LogP contribution is -2.02. The summed E-state index contributed by atoms with van der Waals surface area (Å²) in [5.74, 6) is 0. The predicted octanol–water partition coefficient (Wildman–Crippen LogP) is -0.260. The molecule has 0 aliphatic rings. The van der Waals surface area contributed by atoms with E-state index in [9.17, 15) is 8.42 Å². The minimum absolute atomic E-state index is 0.369. The topological polar surface area (TPSA) is 58.5 Å². The van der Waals surface area contributed by atoms with E-state index in [4.69, 9.17) is 0 Å². The molecule has 0 aliphatic heterocycles. The van der Waals surface area contributed by atoms with Crippen LogP contribution in [0, 0.1) is 0 Å². The molecule has 0 amide bonds. The van der Waals surface area contributed by atoms with Crippen LogP contribution in [0.1, 0.15) is 0 Å². The van der Waals surface area contributed by atoms with Crippen LogP contribution in [0.3, 0.4) is 0 Å². The first-order chi connectivity index (χ1) is 3.77. The Morgan fingerprint density at radius 2 is 2.38 bits per heavy atom. The summed E-state index contributed by atoms with van der Waals surface area (Å²) in [7, 11) is -2.35. The average Bonchev–Trinajstić information content (AvgIpc) is 1.66. The molecule has 0 aliphatic carbocycles. The van der Waals surface area contributed by atoms with Gasteiger partial charge in [0.2, 0.25) is 0 Å². The molecular formula is C3H6N2O2S. The lowest BCUT2D eigenvalue weighted by atomic mass is 10.7. The minimum atomic E-state index is -2.35. The maximum Gasteiger partial charge on any atom is 0.327 e. The molecule has 0 aromatic rings. The fraction of sp³-hybridized carbons (Fsp3) is 0.333. The van der Waals surface area contributed by atoms with E-state index in [2.05, 4.69) is 16.5 Å². The molecule has 0 saturated carbocycles. The molecule has 4 nitrogen and oxygen atoms in total. The lowest BCUT2D eigenvalue weighted by Gasteiger charge is -1.80. The van der Waals surface area contributed by atoms with E-state index in [-0.39, 0.29) is 0 Å². The molecule has 0 aromatic heterocycles. The molecule has 46 valence electrons. The molecule has 0 radical (unpaired) electrons. The molecule has 0 atom stereocenters. The predicted molar refractivity (Wildman–Crippen MR) is 29.5 cm³/mol. The van der Waals surface area contributed by atoms with E-state index in [0.717, 1.165) is 0 Å². The van der Waals surface area contributed by atoms with Crippen molar-refractivity contribution in [3.05, 3.63) is 12.7 Å². The highest BCUT2D eigenvalue weighted by Gasteiger charge is 1.69. The van der Waals surface area contributed by atoms with Crippen molar-refractivity contribution in [3.8, 4) is 0 Å². The molecule has 0 bridgehead atoms. The second-order valence-corrected chi connectivity index (χ2v) is 1.58. The Bertz CT molecular complexity index is 173. The Morgan fingerprint density at radius 1 is 1.75 bits per heavy atom. The highest BCUT2D eigenvalue weighted by Crippen LogP contribution is 1.58. The first-order valence-electron chi connectivity index (χ1n) is 1.91. The van der Waals surface area contributed by atoms with Crippen LogP contribution in [0.2, 0.25) is 0 Å². The van der Waals surface area contributed by atoms with Gasteiger partial charge in [0, 0.05) is 6.54 Å². The molecule has 0 heterocycles. The Labute approximate surface area is 48.9 Å². The zero-order chi connectivity index (χ0) is 6.41. The number of hydrogen-bond donors (Lipinski definition) is 1. The van der Waals surface area contributed by atoms with Crippen molar-refractivity contribution >= 4 is 10.5 Å². The van der Waals surface area contributed by atoms with Crippen molar-refractivity contribution in [1.29, 1.82) is 0 Å². The smallest absolute Gasteiger partial charge is 0.195 e. The fourth-order valence-electron chi connectivity index (χ4n) is 0.155. The van der Waals surface area contributed by atoms with Gasteiger partial charge in [-0.1, -0.05) is 10.5 Å². The van der Waals surface area contributed by atoms with Crippen molar-refractivity contribution in [3.63, 3.8) is 0 Å². The second-order valence-electron chi connectivity index (χ2n) is 0.959. The van der Waals surface area contributed by atoms with Gasteiger partial charge in [-0.15, -0.1) is 6.58 Å². The summed E-state index contributed by atoms with van der Waals surface area (Å²) in [6.45, 7) is 3.70. The Morgan fingerprint density at radius 3 is 2.75 bits per heavy atom. The summed E-state index contributed by atoms with van der Waals surface area (Å²) in [5.41, 5.74) is 2.23. The summed E-state index contributed by atoms with van der Waals surface area (Å²) in [6.07, 6.45) is 1.51. The van der Waals surface area contributed by atoms with E-state index < -0.39 is 10.5 Å². The Kier molecular flexibility index (Phi) is 4.10. The molecule has 0 rings (SSSR count). The number of nitrogens with one attached hydrogen (secondary N) is 1. The molecule has 0 aromatic carbocycles. The van der Waals surface area contributed by atoms with Crippen LogP contribution >= 0.6 is 0 Å². The summed E-state index contributed by atoms with van der Waals surface area (Å²) in [5, 5.41) is 0. The van der Waals surface area contributed by atoms with Crippen LogP contribution in [0.25, 0.3) is 0 Å². The standard InChI is InChI=1S/C3H6N2O2S/c1-2-3-4-5-8(6)7/h2,4H,1,3H2. The maximum atomic E-state index is 9.61. The van der Waals surface area contributed by atoms with Crippen molar-refractivity contribution in [2.75, 3.05) is 6.54 Å². The van der Waals surface area contributed by atoms with Crippen LogP contribution in [-0.4, -0.2) is 15.0 Å². The van der Waals surface area contributed by atoms with Gasteiger partial charge in [0.05, 0.1) is 0 Å². The summed E-state index contributed by atoms with van der Waals surface area (Å²) in [4.78, 5) is 0. The SMILES string of the molecule is C=CCNN=S(=O)=O. The largest absolute Gasteiger partial charge is 0.327 e. The number of hydrogen-bond acceptors (Lipinski definition) is 3. The van der Waals surface area contributed by atoms with Gasteiger partial charge in [-0.25, -0.2) is 0 Å². The third-order valence-corrected chi connectivity index (χ3v) is 0.653. The Balaban J connectivity index is 3.46. The number of nitrogens with zero attached hydrogens (tertiary/aromatic N) is 1. The maximum absolute atomic E-state index is 9.61. The third kappa shape index (κ3) is 5.32. The van der Waals surface area contributed by atoms with Gasteiger partial charge in [-0.3, -0.25) is 0 Å². The average molecular weight is 134 g/mol. The highest BCUT2D eigenvalue weighted by atomic mass is 32.2. The quantitative estimate of drug-likeness (QED) is 0.328. The summed E-state index contributed by atoms with van der Waals surface area (Å²) >= 11 is 0. The van der Waals surface area contributed by atoms with Gasteiger partial charge in [0.15, 0.2) is 0 Å². The lowest BCUT2D eigenvalue weighted by molar-refractivity contribution is 0.615. The van der Waals surface area contributed by atoms with Gasteiger partial charge in [-0.05, 0) is 0 Å². The molecule has 0 saturated heterocycles. The van der Waals surface area contributed by atoms with Crippen molar-refractivity contribution in [2.45, 2.75) is 0 Å². The van der Waals surface area contributed by atoms with E-state index in [0.29, 0.717) is 6.54 Å². The van der Waals surface area contributed by atoms with Gasteiger partial charge >= 0.3 is 10.5 Å². The third-order valence-electron chi connectivity index (χ3n) is 0.375. The normalized spacial score (nSPS) is 8.00. The molecule has 8 heavy (non-hydrogen) atoms. The van der Waals surface area contributed by atoms with Crippen LogP contribution in [0.15, 0.2) is 17.1 Å². The monoisotopic (exact) mass is 134 g/mol. The minimum Gasteiger partial charge on any atom is -0.195 e. The zero-order valence-corrected chi connectivity index (χ0v) is 4.98.